The van der Waals surface area contributed by atoms with Gasteiger partial charge >= 0.3 is 6.09 Å². The number of hydrogen-bond donors (Lipinski definition) is 2. The van der Waals surface area contributed by atoms with Crippen molar-refractivity contribution < 1.29 is 23.4 Å². The third kappa shape index (κ3) is 4.37. The number of carbonyl (C=O) groups is 1. The second kappa shape index (κ2) is 7.51. The van der Waals surface area contributed by atoms with Crippen molar-refractivity contribution >= 4 is 17.7 Å². The van der Waals surface area contributed by atoms with Crippen molar-refractivity contribution in [1.29, 1.82) is 5.26 Å². The summed E-state index contributed by atoms with van der Waals surface area (Å²) in [7, 11) is 0. The molecule has 1 aromatic carbocycles. The van der Waals surface area contributed by atoms with Crippen molar-refractivity contribution in [3.63, 3.8) is 0 Å². The second-order valence-electron chi connectivity index (χ2n) is 4.56. The van der Waals surface area contributed by atoms with Crippen LogP contribution in [0.15, 0.2) is 35.1 Å². The molecule has 0 saturated carbocycles. The van der Waals surface area contributed by atoms with Crippen LogP contribution in [0.3, 0.4) is 0 Å². The van der Waals surface area contributed by atoms with Gasteiger partial charge in [-0.1, -0.05) is 11.6 Å². The minimum absolute atomic E-state index is 0.00779. The molecule has 6 nitrogen and oxygen atoms in total. The Morgan fingerprint density at radius 3 is 2.96 bits per heavy atom. The molecule has 2 N–H and O–H groups in total. The summed E-state index contributed by atoms with van der Waals surface area (Å²) < 4.78 is 24.1. The number of furan rings is 1. The van der Waals surface area contributed by atoms with Crippen LogP contribution in [0.1, 0.15) is 23.7 Å². The van der Waals surface area contributed by atoms with Gasteiger partial charge in [-0.25, -0.2) is 9.18 Å². The Bertz CT molecular complexity index is 728. The Labute approximate surface area is 136 Å². The molecule has 0 spiro atoms. The molecule has 2 aromatic rings. The van der Waals surface area contributed by atoms with Crippen LogP contribution in [0.2, 0.25) is 5.02 Å². The highest BCUT2D eigenvalue weighted by Gasteiger charge is 2.18. The molecule has 0 aliphatic carbocycles. The molecule has 0 fully saturated rings. The molecule has 120 valence electrons. The summed E-state index contributed by atoms with van der Waals surface area (Å²) >= 11 is 5.72. The van der Waals surface area contributed by atoms with E-state index in [1.807, 2.05) is 6.07 Å². The fourth-order valence-corrected chi connectivity index (χ4v) is 2.08. The number of amides is 1. The summed E-state index contributed by atoms with van der Waals surface area (Å²) in [6.45, 7) is 0.127. The van der Waals surface area contributed by atoms with E-state index in [1.165, 1.54) is 18.6 Å². The standard InChI is InChI=1S/C15H12ClFN2O4/c16-11-6-14(10(7-18)5-12(11)17)23-13(1-3-19-15(20)21)9-2-4-22-8-9/h2,4-6,8,13,19H,1,3H2,(H,20,21)/t13-/m1/s1. The van der Waals surface area contributed by atoms with Gasteiger partial charge in [0, 0.05) is 24.6 Å². The summed E-state index contributed by atoms with van der Waals surface area (Å²) in [5.74, 6) is -0.608. The zero-order chi connectivity index (χ0) is 16.8. The maximum absolute atomic E-state index is 13.4. The number of halogens is 2. The zero-order valence-electron chi connectivity index (χ0n) is 11.8. The summed E-state index contributed by atoms with van der Waals surface area (Å²) in [5.41, 5.74) is 0.646. The number of nitrogens with zero attached hydrogens (tertiary/aromatic N) is 1. The molecule has 0 saturated heterocycles. The molecule has 23 heavy (non-hydrogen) atoms. The smallest absolute Gasteiger partial charge is 0.404 e. The molecule has 0 bridgehead atoms. The number of benzene rings is 1. The summed E-state index contributed by atoms with van der Waals surface area (Å²) in [6.07, 6.45) is 1.43. The third-order valence-corrected chi connectivity index (χ3v) is 3.30. The maximum atomic E-state index is 13.4. The SMILES string of the molecule is N#Cc1cc(F)c(Cl)cc1O[C@H](CCNC(=O)O)c1ccoc1. The highest BCUT2D eigenvalue weighted by atomic mass is 35.5. The predicted octanol–water partition coefficient (Wildman–Crippen LogP) is 3.72. The number of nitrogens with one attached hydrogen (secondary N) is 1. The monoisotopic (exact) mass is 338 g/mol. The topological polar surface area (TPSA) is 95.5 Å². The van der Waals surface area contributed by atoms with Crippen LogP contribution >= 0.6 is 11.6 Å². The number of carboxylic acid groups (broad SMARTS) is 1. The highest BCUT2D eigenvalue weighted by Crippen LogP contribution is 2.31. The van der Waals surface area contributed by atoms with Gasteiger partial charge in [-0.2, -0.15) is 5.26 Å². The van der Waals surface area contributed by atoms with Crippen molar-refractivity contribution in [3.8, 4) is 11.8 Å². The van der Waals surface area contributed by atoms with Crippen molar-refractivity contribution in [2.75, 3.05) is 6.54 Å². The average molecular weight is 339 g/mol. The Balaban J connectivity index is 2.22. The summed E-state index contributed by atoms with van der Waals surface area (Å²) in [6, 6.07) is 5.69. The van der Waals surface area contributed by atoms with Crippen molar-refractivity contribution in [2.24, 2.45) is 0 Å². The van der Waals surface area contributed by atoms with Gasteiger partial charge in [0.25, 0.3) is 0 Å². The Kier molecular flexibility index (Phi) is 5.44. The van der Waals surface area contributed by atoms with Crippen LogP contribution < -0.4 is 10.1 Å². The molecule has 0 unspecified atom stereocenters. The molecule has 2 rings (SSSR count). The fourth-order valence-electron chi connectivity index (χ4n) is 1.93. The largest absolute Gasteiger partial charge is 0.484 e. The van der Waals surface area contributed by atoms with Gasteiger partial charge in [0.2, 0.25) is 0 Å². The van der Waals surface area contributed by atoms with E-state index in [2.05, 4.69) is 5.32 Å². The van der Waals surface area contributed by atoms with E-state index >= 15 is 0 Å². The Hall–Kier alpha value is -2.72. The number of hydrogen-bond acceptors (Lipinski definition) is 4. The first-order chi connectivity index (χ1) is 11.0. The number of nitriles is 1. The van der Waals surface area contributed by atoms with Crippen LogP contribution in [0.5, 0.6) is 5.75 Å². The van der Waals surface area contributed by atoms with Gasteiger partial charge < -0.3 is 19.6 Å². The lowest BCUT2D eigenvalue weighted by atomic mass is 10.1. The Morgan fingerprint density at radius 1 is 1.57 bits per heavy atom. The van der Waals surface area contributed by atoms with Crippen LogP contribution in [-0.4, -0.2) is 17.7 Å². The minimum atomic E-state index is -1.15. The lowest BCUT2D eigenvalue weighted by molar-refractivity contribution is 0.179. The molecular weight excluding hydrogens is 327 g/mol. The van der Waals surface area contributed by atoms with E-state index < -0.39 is 18.0 Å². The van der Waals surface area contributed by atoms with Gasteiger partial charge in [0.15, 0.2) is 0 Å². The molecule has 8 heteroatoms. The van der Waals surface area contributed by atoms with E-state index in [0.29, 0.717) is 5.56 Å². The predicted molar refractivity (Wildman–Crippen MR) is 78.8 cm³/mol. The minimum Gasteiger partial charge on any atom is -0.484 e. The van der Waals surface area contributed by atoms with Crippen LogP contribution in [0.25, 0.3) is 0 Å². The normalized spacial score (nSPS) is 11.5. The van der Waals surface area contributed by atoms with Crippen LogP contribution in [-0.2, 0) is 0 Å². The molecule has 1 aromatic heterocycles. The number of rotatable bonds is 6. The van der Waals surface area contributed by atoms with Crippen LogP contribution in [0, 0.1) is 17.1 Å². The molecular formula is C15H12ClFN2O4. The van der Waals surface area contributed by atoms with Crippen LogP contribution in [0.4, 0.5) is 9.18 Å². The van der Waals surface area contributed by atoms with E-state index in [9.17, 15) is 9.18 Å². The molecule has 1 heterocycles. The molecule has 0 aliphatic heterocycles. The zero-order valence-corrected chi connectivity index (χ0v) is 12.5. The highest BCUT2D eigenvalue weighted by molar-refractivity contribution is 6.30. The van der Waals surface area contributed by atoms with Gasteiger partial charge in [0.1, 0.15) is 23.7 Å². The summed E-state index contributed by atoms with van der Waals surface area (Å²) in [4.78, 5) is 10.5. The first-order valence-corrected chi connectivity index (χ1v) is 6.93. The molecule has 1 amide bonds. The fraction of sp³-hybridized carbons (Fsp3) is 0.200. The lowest BCUT2D eigenvalue weighted by Crippen LogP contribution is -2.24. The average Bonchev–Trinajstić information content (AvgIpc) is 3.03. The molecule has 1 atom stereocenters. The quantitative estimate of drug-likeness (QED) is 0.836. The van der Waals surface area contributed by atoms with Gasteiger partial charge in [-0.05, 0) is 12.1 Å². The van der Waals surface area contributed by atoms with Crippen molar-refractivity contribution in [1.82, 2.24) is 5.32 Å². The van der Waals surface area contributed by atoms with E-state index in [-0.39, 0.29) is 29.3 Å². The molecule has 0 aliphatic rings. The van der Waals surface area contributed by atoms with Crippen molar-refractivity contribution in [2.45, 2.75) is 12.5 Å². The summed E-state index contributed by atoms with van der Waals surface area (Å²) in [5, 5.41) is 19.8. The molecule has 0 radical (unpaired) electrons. The van der Waals surface area contributed by atoms with Gasteiger partial charge in [-0.15, -0.1) is 0 Å². The van der Waals surface area contributed by atoms with Crippen molar-refractivity contribution in [3.05, 3.63) is 52.7 Å². The maximum Gasteiger partial charge on any atom is 0.404 e. The number of ether oxygens (including phenoxy) is 1. The van der Waals surface area contributed by atoms with E-state index in [1.54, 1.807) is 6.07 Å². The van der Waals surface area contributed by atoms with E-state index in [0.717, 1.165) is 6.07 Å². The lowest BCUT2D eigenvalue weighted by Gasteiger charge is -2.19. The first kappa shape index (κ1) is 16.6. The Morgan fingerprint density at radius 2 is 2.35 bits per heavy atom. The van der Waals surface area contributed by atoms with E-state index in [4.69, 9.17) is 31.1 Å². The van der Waals surface area contributed by atoms with Gasteiger partial charge in [-0.3, -0.25) is 0 Å². The van der Waals surface area contributed by atoms with Gasteiger partial charge in [0.05, 0.1) is 23.1 Å². The third-order valence-electron chi connectivity index (χ3n) is 3.01. The first-order valence-electron chi connectivity index (χ1n) is 6.56. The second-order valence-corrected chi connectivity index (χ2v) is 4.97.